The van der Waals surface area contributed by atoms with Crippen molar-refractivity contribution in [3.8, 4) is 11.5 Å². The molecule has 0 aliphatic rings. The molecule has 3 aromatic rings. The molecule has 0 heterocycles. The van der Waals surface area contributed by atoms with Crippen LogP contribution in [0.2, 0.25) is 5.02 Å². The van der Waals surface area contributed by atoms with Crippen LogP contribution in [0.25, 0.3) is 10.8 Å². The highest BCUT2D eigenvalue weighted by Crippen LogP contribution is 2.36. The fraction of sp³-hybridized carbons (Fsp3) is 0.190. The molecule has 152 valence electrons. The number of alkyl halides is 3. The van der Waals surface area contributed by atoms with Crippen molar-refractivity contribution in [2.24, 2.45) is 0 Å². The summed E-state index contributed by atoms with van der Waals surface area (Å²) >= 11 is 6.07. The summed E-state index contributed by atoms with van der Waals surface area (Å²) in [5.74, 6) is -1.31. The van der Waals surface area contributed by atoms with Gasteiger partial charge in [0.05, 0.1) is 0 Å². The van der Waals surface area contributed by atoms with Crippen LogP contribution in [0.3, 0.4) is 0 Å². The summed E-state index contributed by atoms with van der Waals surface area (Å²) in [4.78, 5) is 11.9. The molecule has 0 spiro atoms. The molecule has 0 aromatic heterocycles. The number of carbonyl (C=O) groups is 1. The number of aryl methyl sites for hydroxylation is 1. The molecule has 0 saturated heterocycles. The summed E-state index contributed by atoms with van der Waals surface area (Å²) in [5, 5.41) is 11.5. The van der Waals surface area contributed by atoms with Crippen LogP contribution in [-0.2, 0) is 13.0 Å². The Balaban J connectivity index is 1.95. The van der Waals surface area contributed by atoms with Gasteiger partial charge in [-0.3, -0.25) is 0 Å². The van der Waals surface area contributed by atoms with Gasteiger partial charge in [-0.25, -0.2) is 4.79 Å². The quantitative estimate of drug-likeness (QED) is 0.509. The number of fused-ring (bicyclic) bond motifs is 1. The summed E-state index contributed by atoms with van der Waals surface area (Å²) < 4.78 is 46.5. The zero-order valence-electron chi connectivity index (χ0n) is 15.2. The predicted molar refractivity (Wildman–Crippen MR) is 103 cm³/mol. The zero-order valence-corrected chi connectivity index (χ0v) is 16.0. The van der Waals surface area contributed by atoms with Gasteiger partial charge in [0.25, 0.3) is 0 Å². The van der Waals surface area contributed by atoms with Crippen LogP contribution in [0, 0.1) is 0 Å². The van der Waals surface area contributed by atoms with E-state index in [-0.39, 0.29) is 23.7 Å². The number of halogens is 4. The van der Waals surface area contributed by atoms with Crippen molar-refractivity contribution >= 4 is 28.3 Å². The number of carboxylic acids is 1. The highest BCUT2D eigenvalue weighted by molar-refractivity contribution is 6.31. The van der Waals surface area contributed by atoms with Gasteiger partial charge in [0.2, 0.25) is 0 Å². The van der Waals surface area contributed by atoms with Crippen LogP contribution in [0.15, 0.2) is 48.5 Å². The van der Waals surface area contributed by atoms with Gasteiger partial charge < -0.3 is 14.6 Å². The highest BCUT2D eigenvalue weighted by Gasteiger charge is 2.31. The molecule has 0 aliphatic heterocycles. The van der Waals surface area contributed by atoms with Gasteiger partial charge in [-0.1, -0.05) is 42.8 Å². The summed E-state index contributed by atoms with van der Waals surface area (Å²) in [6.45, 7) is 1.80. The van der Waals surface area contributed by atoms with Crippen molar-refractivity contribution in [1.82, 2.24) is 0 Å². The zero-order chi connectivity index (χ0) is 21.2. The van der Waals surface area contributed by atoms with E-state index in [1.54, 1.807) is 24.3 Å². The Bertz CT molecular complexity index is 1050. The molecule has 8 heteroatoms. The van der Waals surface area contributed by atoms with E-state index in [1.165, 1.54) is 24.3 Å². The Labute approximate surface area is 169 Å². The first-order valence-electron chi connectivity index (χ1n) is 8.64. The number of hydrogen-bond acceptors (Lipinski definition) is 3. The maximum absolute atomic E-state index is 12.3. The minimum atomic E-state index is -4.77. The molecule has 3 rings (SSSR count). The van der Waals surface area contributed by atoms with E-state index in [4.69, 9.17) is 16.3 Å². The summed E-state index contributed by atoms with van der Waals surface area (Å²) in [6, 6.07) is 12.1. The van der Waals surface area contributed by atoms with Crippen molar-refractivity contribution < 1.29 is 32.5 Å². The smallest absolute Gasteiger partial charge is 0.487 e. The third kappa shape index (κ3) is 4.92. The molecule has 0 amide bonds. The molecule has 0 aliphatic carbocycles. The minimum absolute atomic E-state index is 0.0403. The fourth-order valence-corrected chi connectivity index (χ4v) is 3.17. The summed E-state index contributed by atoms with van der Waals surface area (Å²) in [5.41, 5.74) is 1.20. The van der Waals surface area contributed by atoms with Crippen LogP contribution >= 0.6 is 11.6 Å². The van der Waals surface area contributed by atoms with Crippen LogP contribution in [0.4, 0.5) is 13.2 Å². The Morgan fingerprint density at radius 3 is 2.38 bits per heavy atom. The molecular formula is C21H16ClF3O4. The monoisotopic (exact) mass is 424 g/mol. The van der Waals surface area contributed by atoms with Crippen LogP contribution in [-0.4, -0.2) is 17.4 Å². The average Bonchev–Trinajstić information content (AvgIpc) is 2.65. The maximum atomic E-state index is 12.3. The van der Waals surface area contributed by atoms with E-state index >= 15 is 0 Å². The van der Waals surface area contributed by atoms with Gasteiger partial charge in [-0.05, 0) is 47.2 Å². The number of aromatic carboxylic acids is 1. The van der Waals surface area contributed by atoms with Crippen molar-refractivity contribution in [2.45, 2.75) is 26.3 Å². The van der Waals surface area contributed by atoms with E-state index in [0.717, 1.165) is 5.39 Å². The highest BCUT2D eigenvalue weighted by atomic mass is 35.5. The van der Waals surface area contributed by atoms with E-state index in [2.05, 4.69) is 4.74 Å². The van der Waals surface area contributed by atoms with Gasteiger partial charge in [-0.2, -0.15) is 0 Å². The molecule has 0 radical (unpaired) electrons. The maximum Gasteiger partial charge on any atom is 0.573 e. The third-order valence-electron chi connectivity index (χ3n) is 4.27. The van der Waals surface area contributed by atoms with E-state index in [0.29, 0.717) is 28.0 Å². The molecule has 29 heavy (non-hydrogen) atoms. The summed E-state index contributed by atoms with van der Waals surface area (Å²) in [7, 11) is 0. The second-order valence-electron chi connectivity index (χ2n) is 6.24. The lowest BCUT2D eigenvalue weighted by molar-refractivity contribution is -0.274. The normalized spacial score (nSPS) is 11.5. The first-order chi connectivity index (χ1) is 13.7. The van der Waals surface area contributed by atoms with Gasteiger partial charge in [0.1, 0.15) is 23.7 Å². The Morgan fingerprint density at radius 1 is 1.10 bits per heavy atom. The molecule has 0 saturated carbocycles. The average molecular weight is 425 g/mol. The van der Waals surface area contributed by atoms with Gasteiger partial charge >= 0.3 is 12.3 Å². The number of carboxylic acid groups (broad SMARTS) is 1. The second kappa shape index (κ2) is 8.21. The SMILES string of the molecule is CCc1cc2ccc(Cl)cc2c(OCc2ccc(OC(F)(F)F)cc2)c1C(=O)O. The fourth-order valence-electron chi connectivity index (χ4n) is 3.00. The lowest BCUT2D eigenvalue weighted by Crippen LogP contribution is -2.17. The first kappa shape index (κ1) is 20.8. The van der Waals surface area contributed by atoms with Crippen molar-refractivity contribution in [3.05, 3.63) is 70.2 Å². The van der Waals surface area contributed by atoms with Crippen LogP contribution in [0.5, 0.6) is 11.5 Å². The van der Waals surface area contributed by atoms with Crippen molar-refractivity contribution in [3.63, 3.8) is 0 Å². The molecular weight excluding hydrogens is 409 g/mol. The molecule has 0 fully saturated rings. The predicted octanol–water partition coefficient (Wildman–Crippen LogP) is 6.23. The topological polar surface area (TPSA) is 55.8 Å². The molecule has 3 aromatic carbocycles. The van der Waals surface area contributed by atoms with E-state index in [1.807, 2.05) is 6.92 Å². The van der Waals surface area contributed by atoms with E-state index in [9.17, 15) is 23.1 Å². The third-order valence-corrected chi connectivity index (χ3v) is 4.51. The summed E-state index contributed by atoms with van der Waals surface area (Å²) in [6.07, 6.45) is -4.28. The standard InChI is InChI=1S/C21H16ClF3O4/c1-2-13-9-14-5-6-15(22)10-17(14)19(18(13)20(26)27)28-11-12-3-7-16(8-4-12)29-21(23,24)25/h3-10H,2,11H2,1H3,(H,26,27). The number of rotatable bonds is 6. The Hall–Kier alpha value is -2.93. The van der Waals surface area contributed by atoms with Crippen molar-refractivity contribution in [2.75, 3.05) is 0 Å². The first-order valence-corrected chi connectivity index (χ1v) is 9.01. The Kier molecular flexibility index (Phi) is 5.88. The Morgan fingerprint density at radius 2 is 1.79 bits per heavy atom. The number of hydrogen-bond donors (Lipinski definition) is 1. The number of benzene rings is 3. The molecule has 0 atom stereocenters. The van der Waals surface area contributed by atoms with Gasteiger partial charge in [-0.15, -0.1) is 13.2 Å². The second-order valence-corrected chi connectivity index (χ2v) is 6.68. The van der Waals surface area contributed by atoms with Gasteiger partial charge in [0, 0.05) is 10.4 Å². The lowest BCUT2D eigenvalue weighted by atomic mass is 9.97. The van der Waals surface area contributed by atoms with Crippen LogP contribution < -0.4 is 9.47 Å². The van der Waals surface area contributed by atoms with Crippen LogP contribution in [0.1, 0.15) is 28.4 Å². The minimum Gasteiger partial charge on any atom is -0.487 e. The van der Waals surface area contributed by atoms with Gasteiger partial charge in [0.15, 0.2) is 0 Å². The molecule has 4 nitrogen and oxygen atoms in total. The molecule has 0 bridgehead atoms. The largest absolute Gasteiger partial charge is 0.573 e. The molecule has 0 unspecified atom stereocenters. The molecule has 1 N–H and O–H groups in total. The lowest BCUT2D eigenvalue weighted by Gasteiger charge is -2.16. The van der Waals surface area contributed by atoms with Crippen molar-refractivity contribution in [1.29, 1.82) is 0 Å². The number of ether oxygens (including phenoxy) is 2. The van der Waals surface area contributed by atoms with E-state index < -0.39 is 12.3 Å².